The third-order valence-electron chi connectivity index (χ3n) is 5.59. The highest BCUT2D eigenvalue weighted by Gasteiger charge is 2.28. The van der Waals surface area contributed by atoms with E-state index in [4.69, 9.17) is 14.0 Å². The van der Waals surface area contributed by atoms with Crippen molar-refractivity contribution in [2.45, 2.75) is 20.1 Å². The van der Waals surface area contributed by atoms with E-state index in [-0.39, 0.29) is 24.0 Å². The van der Waals surface area contributed by atoms with Crippen LogP contribution < -0.4 is 9.47 Å². The van der Waals surface area contributed by atoms with Crippen LogP contribution in [0.1, 0.15) is 27.4 Å². The Balaban J connectivity index is 1.35. The van der Waals surface area contributed by atoms with Crippen molar-refractivity contribution in [3.8, 4) is 11.5 Å². The summed E-state index contributed by atoms with van der Waals surface area (Å²) >= 11 is 0. The number of benzene rings is 2. The summed E-state index contributed by atoms with van der Waals surface area (Å²) in [5.74, 6) is 1.18. The molecule has 2 heterocycles. The van der Waals surface area contributed by atoms with Gasteiger partial charge in [-0.1, -0.05) is 23.4 Å². The average molecular weight is 439 g/mol. The van der Waals surface area contributed by atoms with E-state index in [1.54, 1.807) is 31.1 Å². The Labute approximate surface area is 186 Å². The van der Waals surface area contributed by atoms with E-state index >= 15 is 0 Å². The Kier molecular flexibility index (Phi) is 6.70. The zero-order valence-electron chi connectivity index (χ0n) is 18.2. The lowest BCUT2D eigenvalue weighted by Gasteiger charge is -2.34. The summed E-state index contributed by atoms with van der Waals surface area (Å²) in [5.41, 5.74) is 2.04. The van der Waals surface area contributed by atoms with Crippen molar-refractivity contribution < 1.29 is 23.2 Å². The molecule has 4 rings (SSSR count). The second-order valence-corrected chi connectivity index (χ2v) is 7.73. The van der Waals surface area contributed by atoms with Gasteiger partial charge in [-0.2, -0.15) is 0 Å². The van der Waals surface area contributed by atoms with Crippen LogP contribution in [0.5, 0.6) is 11.5 Å². The minimum Gasteiger partial charge on any atom is -0.497 e. The van der Waals surface area contributed by atoms with E-state index in [1.165, 1.54) is 17.7 Å². The van der Waals surface area contributed by atoms with Crippen LogP contribution in [0.4, 0.5) is 4.39 Å². The molecule has 168 valence electrons. The third-order valence-corrected chi connectivity index (χ3v) is 5.59. The number of ether oxygens (including phenoxy) is 2. The first-order valence-electron chi connectivity index (χ1n) is 10.5. The Morgan fingerprint density at radius 2 is 1.84 bits per heavy atom. The smallest absolute Gasteiger partial charge is 0.276 e. The monoisotopic (exact) mass is 439 g/mol. The molecule has 0 radical (unpaired) electrons. The maximum Gasteiger partial charge on any atom is 0.276 e. The van der Waals surface area contributed by atoms with Crippen molar-refractivity contribution in [1.29, 1.82) is 0 Å². The van der Waals surface area contributed by atoms with Crippen LogP contribution in [0.2, 0.25) is 0 Å². The summed E-state index contributed by atoms with van der Waals surface area (Å²) in [6.07, 6.45) is 0. The molecule has 1 fully saturated rings. The second-order valence-electron chi connectivity index (χ2n) is 7.73. The highest BCUT2D eigenvalue weighted by Crippen LogP contribution is 2.21. The van der Waals surface area contributed by atoms with Gasteiger partial charge in [0.1, 0.15) is 29.7 Å². The first kappa shape index (κ1) is 21.8. The molecule has 0 unspecified atom stereocenters. The van der Waals surface area contributed by atoms with E-state index in [2.05, 4.69) is 22.2 Å². The fourth-order valence-corrected chi connectivity index (χ4v) is 3.69. The predicted octanol–water partition coefficient (Wildman–Crippen LogP) is 3.67. The molecule has 0 N–H and O–H groups in total. The summed E-state index contributed by atoms with van der Waals surface area (Å²) in [5, 5.41) is 3.98. The van der Waals surface area contributed by atoms with Crippen molar-refractivity contribution in [3.63, 3.8) is 0 Å². The highest BCUT2D eigenvalue weighted by atomic mass is 19.1. The van der Waals surface area contributed by atoms with E-state index in [1.807, 2.05) is 12.1 Å². The van der Waals surface area contributed by atoms with Gasteiger partial charge in [0.05, 0.1) is 12.7 Å². The number of methoxy groups -OCH3 is 1. The Hall–Kier alpha value is -3.39. The van der Waals surface area contributed by atoms with Gasteiger partial charge in [0.2, 0.25) is 0 Å². The van der Waals surface area contributed by atoms with Gasteiger partial charge >= 0.3 is 0 Å². The largest absolute Gasteiger partial charge is 0.497 e. The zero-order chi connectivity index (χ0) is 22.5. The van der Waals surface area contributed by atoms with Crippen molar-refractivity contribution in [1.82, 2.24) is 15.0 Å². The van der Waals surface area contributed by atoms with Gasteiger partial charge in [0.15, 0.2) is 5.69 Å². The van der Waals surface area contributed by atoms with Crippen molar-refractivity contribution in [3.05, 3.63) is 76.9 Å². The number of aryl methyl sites for hydroxylation is 1. The fraction of sp³-hybridized carbons (Fsp3) is 0.333. The topological polar surface area (TPSA) is 68.0 Å². The van der Waals surface area contributed by atoms with Crippen LogP contribution in [0.3, 0.4) is 0 Å². The predicted molar refractivity (Wildman–Crippen MR) is 116 cm³/mol. The lowest BCUT2D eigenvalue weighted by molar-refractivity contribution is 0.0616. The molecule has 0 saturated carbocycles. The highest BCUT2D eigenvalue weighted by molar-refractivity contribution is 5.93. The molecule has 0 atom stereocenters. The van der Waals surface area contributed by atoms with Gasteiger partial charge < -0.3 is 18.9 Å². The minimum atomic E-state index is -0.381. The minimum absolute atomic E-state index is 0.0806. The van der Waals surface area contributed by atoms with Crippen LogP contribution in [0.25, 0.3) is 0 Å². The molecule has 1 aliphatic rings. The van der Waals surface area contributed by atoms with Crippen LogP contribution in [0, 0.1) is 12.7 Å². The molecule has 32 heavy (non-hydrogen) atoms. The normalized spacial score (nSPS) is 14.4. The lowest BCUT2D eigenvalue weighted by atomic mass is 10.1. The standard InChI is InChI=1S/C24H26FN3O4/c1-17-22(16-31-21-5-3-4-19(25)14-21)23(26-32-17)24(29)28-12-10-27(11-13-28)15-18-6-8-20(30-2)9-7-18/h3-9,14H,10-13,15-16H2,1-2H3. The quantitative estimate of drug-likeness (QED) is 0.560. The van der Waals surface area contributed by atoms with Gasteiger partial charge in [0.25, 0.3) is 5.91 Å². The molecular formula is C24H26FN3O4. The summed E-state index contributed by atoms with van der Waals surface area (Å²) in [6.45, 7) is 5.38. The Morgan fingerprint density at radius 3 is 2.53 bits per heavy atom. The maximum atomic E-state index is 13.4. The number of carbonyl (C=O) groups excluding carboxylic acids is 1. The number of aromatic nitrogens is 1. The molecule has 0 aliphatic carbocycles. The van der Waals surface area contributed by atoms with Gasteiger partial charge in [-0.05, 0) is 36.8 Å². The maximum absolute atomic E-state index is 13.4. The average Bonchev–Trinajstić information content (AvgIpc) is 3.18. The molecule has 8 heteroatoms. The molecule has 1 aliphatic heterocycles. The molecule has 0 bridgehead atoms. The zero-order valence-corrected chi connectivity index (χ0v) is 18.2. The molecule has 0 spiro atoms. The fourth-order valence-electron chi connectivity index (χ4n) is 3.69. The second kappa shape index (κ2) is 9.82. The summed E-state index contributed by atoms with van der Waals surface area (Å²) < 4.78 is 29.5. The van der Waals surface area contributed by atoms with Crippen LogP contribution >= 0.6 is 0 Å². The van der Waals surface area contributed by atoms with Gasteiger partial charge in [-0.3, -0.25) is 9.69 Å². The van der Waals surface area contributed by atoms with E-state index < -0.39 is 0 Å². The lowest BCUT2D eigenvalue weighted by Crippen LogP contribution is -2.48. The van der Waals surface area contributed by atoms with Crippen molar-refractivity contribution >= 4 is 5.91 Å². The first-order chi connectivity index (χ1) is 15.5. The SMILES string of the molecule is COc1ccc(CN2CCN(C(=O)c3noc(C)c3COc3cccc(F)c3)CC2)cc1. The molecule has 7 nitrogen and oxygen atoms in total. The van der Waals surface area contributed by atoms with Crippen LogP contribution in [0.15, 0.2) is 53.1 Å². The Bertz CT molecular complexity index is 1060. The molecular weight excluding hydrogens is 413 g/mol. The van der Waals surface area contributed by atoms with E-state index in [0.717, 1.165) is 25.4 Å². The number of hydrogen-bond donors (Lipinski definition) is 0. The molecule has 1 saturated heterocycles. The van der Waals surface area contributed by atoms with E-state index in [9.17, 15) is 9.18 Å². The van der Waals surface area contributed by atoms with Crippen LogP contribution in [-0.4, -0.2) is 54.2 Å². The number of nitrogens with zero attached hydrogens (tertiary/aromatic N) is 3. The molecule has 2 aromatic carbocycles. The van der Waals surface area contributed by atoms with E-state index in [0.29, 0.717) is 30.2 Å². The van der Waals surface area contributed by atoms with Gasteiger partial charge in [-0.15, -0.1) is 0 Å². The first-order valence-corrected chi connectivity index (χ1v) is 10.5. The number of piperazine rings is 1. The Morgan fingerprint density at radius 1 is 1.09 bits per heavy atom. The van der Waals surface area contributed by atoms with Crippen LogP contribution in [-0.2, 0) is 13.2 Å². The summed E-state index contributed by atoms with van der Waals surface area (Å²) in [4.78, 5) is 17.2. The molecule has 1 amide bonds. The summed E-state index contributed by atoms with van der Waals surface area (Å²) in [7, 11) is 1.65. The number of hydrogen-bond acceptors (Lipinski definition) is 6. The number of amides is 1. The third kappa shape index (κ3) is 5.08. The van der Waals surface area contributed by atoms with Gasteiger partial charge in [0, 0.05) is 38.8 Å². The molecule has 1 aromatic heterocycles. The van der Waals surface area contributed by atoms with Crippen molar-refractivity contribution in [2.24, 2.45) is 0 Å². The van der Waals surface area contributed by atoms with Gasteiger partial charge in [-0.25, -0.2) is 4.39 Å². The molecule has 3 aromatic rings. The number of halogens is 1. The summed E-state index contributed by atoms with van der Waals surface area (Å²) in [6, 6.07) is 13.9. The number of rotatable bonds is 7. The van der Waals surface area contributed by atoms with Crippen molar-refractivity contribution in [2.75, 3.05) is 33.3 Å². The number of carbonyl (C=O) groups is 1.